The Hall–Kier alpha value is -4.93. The first-order chi connectivity index (χ1) is 24.2. The van der Waals surface area contributed by atoms with Crippen LogP contribution >= 0.6 is 0 Å². The summed E-state index contributed by atoms with van der Waals surface area (Å²) in [6, 6.07) is 52.9. The topological polar surface area (TPSA) is 31.9 Å². The first kappa shape index (κ1) is 40.5. The van der Waals surface area contributed by atoms with Crippen LogP contribution in [0.3, 0.4) is 0 Å². The van der Waals surface area contributed by atoms with Gasteiger partial charge >= 0.3 is 0 Å². The maximum absolute atomic E-state index is 5.04. The molecular weight excluding hydrogens is 785 g/mol. The van der Waals surface area contributed by atoms with Crippen molar-refractivity contribution >= 4 is 22.5 Å². The second-order valence-electron chi connectivity index (χ2n) is 12.7. The molecule has 0 radical (unpaired) electrons. The Kier molecular flexibility index (Phi) is 16.9. The van der Waals surface area contributed by atoms with Gasteiger partial charge in [-0.15, -0.1) is 36.4 Å². The van der Waals surface area contributed by atoms with Gasteiger partial charge in [-0.05, 0) is 45.7 Å². The van der Waals surface area contributed by atoms with Gasteiger partial charge in [0.2, 0.25) is 0 Å². The van der Waals surface area contributed by atoms with Gasteiger partial charge in [0.15, 0.2) is 0 Å². The number of pyridine rings is 1. The van der Waals surface area contributed by atoms with Crippen molar-refractivity contribution < 1.29 is 25.8 Å². The molecule has 0 amide bonds. The zero-order valence-electron chi connectivity index (χ0n) is 30.4. The van der Waals surface area contributed by atoms with Crippen molar-refractivity contribution in [2.24, 2.45) is 0 Å². The second kappa shape index (κ2) is 21.3. The van der Waals surface area contributed by atoms with E-state index in [1.165, 1.54) is 16.7 Å². The molecule has 0 bridgehead atoms. The first-order valence-electron chi connectivity index (χ1n) is 17.2. The number of hydrogen-bond donors (Lipinski definition) is 0. The Morgan fingerprint density at radius 1 is 0.529 bits per heavy atom. The van der Waals surface area contributed by atoms with Gasteiger partial charge in [-0.3, -0.25) is 0 Å². The van der Waals surface area contributed by atoms with Crippen LogP contribution in [0.2, 0.25) is 0 Å². The average molecular weight is 834 g/mol. The van der Waals surface area contributed by atoms with E-state index in [9.17, 15) is 0 Å². The predicted molar refractivity (Wildman–Crippen MR) is 215 cm³/mol. The third kappa shape index (κ3) is 13.4. The van der Waals surface area contributed by atoms with E-state index in [2.05, 4.69) is 114 Å². The molecule has 0 atom stereocenters. The van der Waals surface area contributed by atoms with Crippen LogP contribution in [0.1, 0.15) is 72.9 Å². The van der Waals surface area contributed by atoms with Crippen molar-refractivity contribution in [3.05, 3.63) is 223 Å². The molecule has 7 aromatic rings. The molecule has 5 aromatic carbocycles. The van der Waals surface area contributed by atoms with E-state index in [0.717, 1.165) is 45.8 Å². The number of nitrogens with zero attached hydrogens (tertiary/aromatic N) is 3. The molecule has 0 saturated carbocycles. The standard InChI is InChI=1S/C26H28N3.3C7H7.Hf/c1-18(2)22-11-8-12-23(19(3)4)25(22)27-24-14-13-21-15-16-29(26(21)28-24)17-20-9-6-5-7-10-20;3*1-7-5-3-2-4-6-7;/h5-16,18-19H,17H2,1-4H3;3*2-6H,1H2;/q4*-1;. The van der Waals surface area contributed by atoms with Gasteiger partial charge in [0.1, 0.15) is 0 Å². The zero-order valence-corrected chi connectivity index (χ0v) is 34.0. The monoisotopic (exact) mass is 835 g/mol. The Morgan fingerprint density at radius 3 is 1.35 bits per heavy atom. The molecule has 0 spiro atoms. The summed E-state index contributed by atoms with van der Waals surface area (Å²) in [5, 5.41) is 6.18. The van der Waals surface area contributed by atoms with Crippen LogP contribution in [-0.4, -0.2) is 9.55 Å². The van der Waals surface area contributed by atoms with Gasteiger partial charge < -0.3 is 14.9 Å². The molecule has 0 aliphatic rings. The quantitative estimate of drug-likeness (QED) is 0.121. The van der Waals surface area contributed by atoms with Gasteiger partial charge in [-0.1, -0.05) is 112 Å². The summed E-state index contributed by atoms with van der Waals surface area (Å²) in [6.07, 6.45) is 2.11. The van der Waals surface area contributed by atoms with Crippen molar-refractivity contribution in [1.29, 1.82) is 0 Å². The summed E-state index contributed by atoms with van der Waals surface area (Å²) < 4.78 is 2.20. The van der Waals surface area contributed by atoms with E-state index in [4.69, 9.17) is 10.3 Å². The van der Waals surface area contributed by atoms with E-state index in [1.54, 1.807) is 0 Å². The minimum Gasteiger partial charge on any atom is -0.436 e. The smallest absolute Gasteiger partial charge is 0.0472 e. The summed E-state index contributed by atoms with van der Waals surface area (Å²) in [5.41, 5.74) is 9.08. The molecule has 0 N–H and O–H groups in total. The number of aromatic nitrogens is 2. The molecule has 2 heterocycles. The fraction of sp³-hybridized carbons (Fsp3) is 0.149. The molecule has 4 heteroatoms. The van der Waals surface area contributed by atoms with Crippen LogP contribution in [0.15, 0.2) is 164 Å². The molecular formula is C47H49HfN3-4. The fourth-order valence-electron chi connectivity index (χ4n) is 5.21. The van der Waals surface area contributed by atoms with Crippen LogP contribution in [0.5, 0.6) is 0 Å². The molecule has 3 nitrogen and oxygen atoms in total. The summed E-state index contributed by atoms with van der Waals surface area (Å²) in [5.74, 6) is 1.59. The Labute approximate surface area is 325 Å². The molecule has 2 aromatic heterocycles. The van der Waals surface area contributed by atoms with Crippen LogP contribution in [0.4, 0.5) is 11.5 Å². The van der Waals surface area contributed by atoms with Crippen molar-refractivity contribution in [2.75, 3.05) is 0 Å². The molecule has 51 heavy (non-hydrogen) atoms. The first-order valence-corrected chi connectivity index (χ1v) is 17.2. The van der Waals surface area contributed by atoms with Gasteiger partial charge in [0.05, 0.1) is 0 Å². The molecule has 0 fully saturated rings. The van der Waals surface area contributed by atoms with Crippen LogP contribution in [0, 0.1) is 20.8 Å². The number of para-hydroxylation sites is 1. The van der Waals surface area contributed by atoms with E-state index in [1.807, 2.05) is 103 Å². The fourth-order valence-corrected chi connectivity index (χ4v) is 5.21. The largest absolute Gasteiger partial charge is 0.436 e. The molecule has 0 aliphatic carbocycles. The summed E-state index contributed by atoms with van der Waals surface area (Å²) in [7, 11) is 0. The minimum atomic E-state index is 0. The average Bonchev–Trinajstić information content (AvgIpc) is 3.52. The number of benzene rings is 5. The molecule has 0 unspecified atom stereocenters. The van der Waals surface area contributed by atoms with Gasteiger partial charge in [-0.25, -0.2) is 0 Å². The van der Waals surface area contributed by atoms with Gasteiger partial charge in [0, 0.05) is 44.2 Å². The van der Waals surface area contributed by atoms with Gasteiger partial charge in [0.25, 0.3) is 0 Å². The zero-order chi connectivity index (χ0) is 35.7. The van der Waals surface area contributed by atoms with Crippen molar-refractivity contribution in [1.82, 2.24) is 9.55 Å². The Balaban J connectivity index is 0.000000256. The maximum Gasteiger partial charge on any atom is 0.0472 e. The van der Waals surface area contributed by atoms with E-state index < -0.39 is 0 Å². The van der Waals surface area contributed by atoms with Crippen molar-refractivity contribution in [3.8, 4) is 0 Å². The molecule has 7 rings (SSSR count). The van der Waals surface area contributed by atoms with Crippen molar-refractivity contribution in [2.45, 2.75) is 46.1 Å². The normalized spacial score (nSPS) is 10.1. The van der Waals surface area contributed by atoms with Crippen LogP contribution < -0.4 is 0 Å². The van der Waals surface area contributed by atoms with Crippen LogP contribution in [0.25, 0.3) is 16.4 Å². The third-order valence-corrected chi connectivity index (χ3v) is 7.89. The molecule has 260 valence electrons. The minimum absolute atomic E-state index is 0. The number of hydrogen-bond acceptors (Lipinski definition) is 1. The van der Waals surface area contributed by atoms with Gasteiger partial charge in [-0.2, -0.15) is 73.9 Å². The SMILES string of the molecule is CC(C)c1cccc(C(C)C)c1[N-]c1ccc2ccn(Cc3ccccc3)c2n1.[CH2-]c1ccccc1.[CH2-]c1ccccc1.[CH2-]c1ccccc1.[Hf]. The number of fused-ring (bicyclic) bond motifs is 1. The third-order valence-electron chi connectivity index (χ3n) is 7.89. The molecule has 0 aliphatic heterocycles. The Bertz CT molecular complexity index is 1850. The second-order valence-corrected chi connectivity index (χ2v) is 12.7. The maximum atomic E-state index is 5.04. The van der Waals surface area contributed by atoms with E-state index >= 15 is 0 Å². The number of rotatable bonds is 6. The van der Waals surface area contributed by atoms with Crippen LogP contribution in [-0.2, 0) is 32.4 Å². The van der Waals surface area contributed by atoms with Crippen molar-refractivity contribution in [3.63, 3.8) is 0 Å². The summed E-state index contributed by atoms with van der Waals surface area (Å²) in [6.45, 7) is 20.9. The summed E-state index contributed by atoms with van der Waals surface area (Å²) in [4.78, 5) is 4.92. The predicted octanol–water partition coefficient (Wildman–Crippen LogP) is 13.3. The Morgan fingerprint density at radius 2 is 0.961 bits per heavy atom. The van der Waals surface area contributed by atoms with E-state index in [0.29, 0.717) is 11.8 Å². The molecule has 0 saturated heterocycles. The van der Waals surface area contributed by atoms with E-state index in [-0.39, 0.29) is 25.8 Å². The summed E-state index contributed by atoms with van der Waals surface area (Å²) >= 11 is 0.